The third kappa shape index (κ3) is 4.39. The highest BCUT2D eigenvalue weighted by Crippen LogP contribution is 2.47. The molecule has 0 spiro atoms. The highest BCUT2D eigenvalue weighted by Gasteiger charge is 2.43. The summed E-state index contributed by atoms with van der Waals surface area (Å²) in [4.78, 5) is 12.2. The van der Waals surface area contributed by atoms with Crippen LogP contribution in [0.4, 0.5) is 13.2 Å². The number of carbonyl (C=O) groups excluding carboxylic acids is 1. The number of hydrogen-bond acceptors (Lipinski definition) is 3. The maximum absolute atomic E-state index is 12.8. The maximum Gasteiger partial charge on any atom is 0.416 e. The Kier molecular flexibility index (Phi) is 4.96. The second-order valence-electron chi connectivity index (χ2n) is 6.87. The molecule has 1 unspecified atom stereocenters. The highest BCUT2D eigenvalue weighted by atomic mass is 19.4. The average molecular weight is 398 g/mol. The molecule has 1 saturated carbocycles. The predicted octanol–water partition coefficient (Wildman–Crippen LogP) is 5.22. The van der Waals surface area contributed by atoms with Crippen LogP contribution >= 0.6 is 0 Å². The second kappa shape index (κ2) is 7.58. The van der Waals surface area contributed by atoms with Crippen LogP contribution < -0.4 is 5.43 Å². The van der Waals surface area contributed by atoms with E-state index in [-0.39, 0.29) is 23.5 Å². The summed E-state index contributed by atoms with van der Waals surface area (Å²) < 4.78 is 44.1. The van der Waals surface area contributed by atoms with Crippen molar-refractivity contribution >= 4 is 12.1 Å². The molecule has 1 amide bonds. The van der Waals surface area contributed by atoms with E-state index in [2.05, 4.69) is 10.5 Å². The molecule has 1 heterocycles. The van der Waals surface area contributed by atoms with Crippen LogP contribution in [0, 0.1) is 5.92 Å². The molecular formula is C22H17F3N2O2. The van der Waals surface area contributed by atoms with Crippen molar-refractivity contribution in [3.63, 3.8) is 0 Å². The van der Waals surface area contributed by atoms with Crippen LogP contribution in [0.15, 0.2) is 76.2 Å². The summed E-state index contributed by atoms with van der Waals surface area (Å²) >= 11 is 0. The molecule has 7 heteroatoms. The third-order valence-electron chi connectivity index (χ3n) is 4.82. The highest BCUT2D eigenvalue weighted by molar-refractivity contribution is 5.85. The Labute approximate surface area is 165 Å². The largest absolute Gasteiger partial charge is 0.455 e. The summed E-state index contributed by atoms with van der Waals surface area (Å²) in [6.07, 6.45) is -2.31. The molecule has 1 aliphatic rings. The van der Waals surface area contributed by atoms with Crippen molar-refractivity contribution in [1.29, 1.82) is 0 Å². The summed E-state index contributed by atoms with van der Waals surface area (Å²) in [6, 6.07) is 17.9. The summed E-state index contributed by atoms with van der Waals surface area (Å²) in [5, 5.41) is 3.90. The zero-order valence-corrected chi connectivity index (χ0v) is 15.2. The second-order valence-corrected chi connectivity index (χ2v) is 6.87. The average Bonchev–Trinajstić information content (AvgIpc) is 3.39. The van der Waals surface area contributed by atoms with Crippen molar-refractivity contribution in [3.8, 4) is 11.3 Å². The molecule has 0 bridgehead atoms. The van der Waals surface area contributed by atoms with Crippen molar-refractivity contribution in [2.75, 3.05) is 0 Å². The van der Waals surface area contributed by atoms with E-state index in [4.69, 9.17) is 4.42 Å². The summed E-state index contributed by atoms with van der Waals surface area (Å²) in [5.74, 6) is 0.553. The molecule has 0 saturated heterocycles. The van der Waals surface area contributed by atoms with E-state index < -0.39 is 11.7 Å². The van der Waals surface area contributed by atoms with Gasteiger partial charge < -0.3 is 4.42 Å². The number of furan rings is 1. The van der Waals surface area contributed by atoms with Crippen LogP contribution in [0.5, 0.6) is 0 Å². The van der Waals surface area contributed by atoms with E-state index in [1.165, 1.54) is 18.3 Å². The van der Waals surface area contributed by atoms with Gasteiger partial charge >= 0.3 is 6.18 Å². The number of nitrogens with zero attached hydrogens (tertiary/aromatic N) is 1. The number of halogens is 3. The molecular weight excluding hydrogens is 381 g/mol. The molecule has 1 N–H and O–H groups in total. The number of carbonyl (C=O) groups is 1. The van der Waals surface area contributed by atoms with E-state index in [9.17, 15) is 18.0 Å². The number of benzene rings is 2. The smallest absolute Gasteiger partial charge is 0.416 e. The first-order chi connectivity index (χ1) is 13.9. The number of hydrogen-bond donors (Lipinski definition) is 1. The fourth-order valence-corrected chi connectivity index (χ4v) is 3.22. The molecule has 0 aliphatic heterocycles. The fourth-order valence-electron chi connectivity index (χ4n) is 3.22. The summed E-state index contributed by atoms with van der Waals surface area (Å²) in [6.45, 7) is 0. The lowest BCUT2D eigenvalue weighted by atomic mass is 10.1. The number of nitrogens with one attached hydrogen (secondary N) is 1. The van der Waals surface area contributed by atoms with Crippen molar-refractivity contribution in [2.45, 2.75) is 18.5 Å². The van der Waals surface area contributed by atoms with Crippen LogP contribution in [0.25, 0.3) is 11.3 Å². The number of alkyl halides is 3. The van der Waals surface area contributed by atoms with E-state index in [0.717, 1.165) is 24.1 Å². The van der Waals surface area contributed by atoms with Crippen LogP contribution in [0.1, 0.15) is 29.2 Å². The van der Waals surface area contributed by atoms with Gasteiger partial charge in [0.05, 0.1) is 11.8 Å². The van der Waals surface area contributed by atoms with Gasteiger partial charge in [-0.2, -0.15) is 18.3 Å². The monoisotopic (exact) mass is 398 g/mol. The third-order valence-corrected chi connectivity index (χ3v) is 4.82. The normalized spacial score (nSPS) is 18.7. The van der Waals surface area contributed by atoms with E-state index in [1.54, 1.807) is 12.1 Å². The molecule has 148 valence electrons. The molecule has 2 aromatic carbocycles. The Morgan fingerprint density at radius 3 is 2.62 bits per heavy atom. The fraction of sp³-hybridized carbons (Fsp3) is 0.182. The molecule has 4 rings (SSSR count). The first-order valence-corrected chi connectivity index (χ1v) is 9.07. The molecule has 1 aliphatic carbocycles. The molecule has 1 aromatic heterocycles. The number of amides is 1. The lowest BCUT2D eigenvalue weighted by molar-refractivity contribution is -0.137. The minimum absolute atomic E-state index is 0.105. The Balaban J connectivity index is 1.36. The van der Waals surface area contributed by atoms with Gasteiger partial charge in [0.1, 0.15) is 11.5 Å². The lowest BCUT2D eigenvalue weighted by Gasteiger charge is -2.07. The first kappa shape index (κ1) is 19.0. The molecule has 0 radical (unpaired) electrons. The van der Waals surface area contributed by atoms with Crippen LogP contribution in [0.3, 0.4) is 0 Å². The van der Waals surface area contributed by atoms with Crippen molar-refractivity contribution < 1.29 is 22.4 Å². The van der Waals surface area contributed by atoms with Crippen LogP contribution in [-0.2, 0) is 11.0 Å². The Hall–Kier alpha value is -3.35. The predicted molar refractivity (Wildman–Crippen MR) is 102 cm³/mol. The summed E-state index contributed by atoms with van der Waals surface area (Å²) in [7, 11) is 0. The minimum atomic E-state index is -4.42. The Morgan fingerprint density at radius 2 is 1.86 bits per heavy atom. The topological polar surface area (TPSA) is 54.6 Å². The first-order valence-electron chi connectivity index (χ1n) is 9.07. The molecule has 1 fully saturated rings. The van der Waals surface area contributed by atoms with E-state index >= 15 is 0 Å². The molecule has 4 nitrogen and oxygen atoms in total. The lowest BCUT2D eigenvalue weighted by Crippen LogP contribution is -2.20. The van der Waals surface area contributed by atoms with E-state index in [1.807, 2.05) is 30.3 Å². The Bertz CT molecular complexity index is 1040. The maximum atomic E-state index is 12.8. The standard InChI is InChI=1S/C22H17F3N2O2/c23-22(24,25)16-8-4-7-15(11-16)20-10-9-17(29-20)13-26-27-21(28)19-12-18(19)14-5-2-1-3-6-14/h1-11,13,18-19H,12H2,(H,27,28)/b26-13+/t18-,19?/m1/s1. The van der Waals surface area contributed by atoms with Gasteiger partial charge in [0, 0.05) is 11.5 Å². The van der Waals surface area contributed by atoms with Gasteiger partial charge in [0.25, 0.3) is 0 Å². The van der Waals surface area contributed by atoms with Crippen molar-refractivity contribution in [2.24, 2.45) is 11.0 Å². The van der Waals surface area contributed by atoms with Crippen LogP contribution in [-0.4, -0.2) is 12.1 Å². The minimum Gasteiger partial charge on any atom is -0.455 e. The van der Waals surface area contributed by atoms with Crippen molar-refractivity contribution in [3.05, 3.63) is 83.6 Å². The van der Waals surface area contributed by atoms with Gasteiger partial charge in [-0.1, -0.05) is 42.5 Å². The van der Waals surface area contributed by atoms with Gasteiger partial charge in [-0.15, -0.1) is 0 Å². The summed E-state index contributed by atoms with van der Waals surface area (Å²) in [5.41, 5.74) is 3.19. The Morgan fingerprint density at radius 1 is 1.07 bits per heavy atom. The zero-order chi connectivity index (χ0) is 20.4. The number of hydrazone groups is 1. The van der Waals surface area contributed by atoms with Gasteiger partial charge in [-0.25, -0.2) is 5.43 Å². The van der Waals surface area contributed by atoms with Crippen LogP contribution in [0.2, 0.25) is 0 Å². The molecule has 29 heavy (non-hydrogen) atoms. The number of rotatable bonds is 5. The SMILES string of the molecule is O=C(N/N=C/c1ccc(-c2cccc(C(F)(F)F)c2)o1)C1C[C@@H]1c1ccccc1. The van der Waals surface area contributed by atoms with Crippen molar-refractivity contribution in [1.82, 2.24) is 5.43 Å². The van der Waals surface area contributed by atoms with Gasteiger partial charge in [0.2, 0.25) is 5.91 Å². The van der Waals surface area contributed by atoms with E-state index in [0.29, 0.717) is 11.3 Å². The quantitative estimate of drug-likeness (QED) is 0.473. The molecule has 3 aromatic rings. The van der Waals surface area contributed by atoms with Gasteiger partial charge in [-0.3, -0.25) is 4.79 Å². The van der Waals surface area contributed by atoms with Gasteiger partial charge in [-0.05, 0) is 42.2 Å². The molecule has 2 atom stereocenters. The van der Waals surface area contributed by atoms with Gasteiger partial charge in [0.15, 0.2) is 0 Å². The zero-order valence-electron chi connectivity index (χ0n) is 15.2.